The third-order valence-electron chi connectivity index (χ3n) is 1.85. The van der Waals surface area contributed by atoms with Gasteiger partial charge in [-0.2, -0.15) is 0 Å². The lowest BCUT2D eigenvalue weighted by Gasteiger charge is -1.98. The monoisotopic (exact) mass is 161 g/mol. The van der Waals surface area contributed by atoms with Crippen LogP contribution in [0.3, 0.4) is 0 Å². The van der Waals surface area contributed by atoms with E-state index < -0.39 is 0 Å². The van der Waals surface area contributed by atoms with E-state index in [2.05, 4.69) is 21.9 Å². The molecule has 0 spiro atoms. The zero-order valence-electron chi connectivity index (χ0n) is 7.26. The Kier molecular flexibility index (Phi) is 1.40. The first-order chi connectivity index (χ1) is 5.66. The van der Waals surface area contributed by atoms with Gasteiger partial charge in [-0.05, 0) is 19.9 Å². The molecular formula is C9H11N3. The molecule has 1 N–H and O–H groups in total. The van der Waals surface area contributed by atoms with Crippen LogP contribution in [-0.4, -0.2) is 9.97 Å². The lowest BCUT2D eigenvalue weighted by molar-refractivity contribution is 0.876. The molecule has 3 nitrogen and oxygen atoms in total. The summed E-state index contributed by atoms with van der Waals surface area (Å²) in [5, 5.41) is 3.08. The molecule has 62 valence electrons. The number of nitrogens with zero attached hydrogens (tertiary/aromatic N) is 2. The Labute approximate surface area is 71.5 Å². The normalized spacial score (nSPS) is 20.5. The average Bonchev–Trinajstić information content (AvgIpc) is 2.64. The van der Waals surface area contributed by atoms with Crippen molar-refractivity contribution in [3.63, 3.8) is 0 Å². The lowest BCUT2D eigenvalue weighted by atomic mass is 10.3. The van der Waals surface area contributed by atoms with Gasteiger partial charge in [0.05, 0.1) is 0 Å². The molecule has 0 radical (unpaired) electrons. The maximum Gasteiger partial charge on any atom is 0.157 e. The summed E-state index contributed by atoms with van der Waals surface area (Å²) in [5.74, 6) is 0.845. The van der Waals surface area contributed by atoms with Gasteiger partial charge in [0.15, 0.2) is 5.82 Å². The molecule has 1 atom stereocenters. The molecule has 1 aromatic heterocycles. The minimum atomic E-state index is 0.198. The number of hydrogen-bond donors (Lipinski definition) is 1. The van der Waals surface area contributed by atoms with Crippen molar-refractivity contribution in [3.8, 4) is 0 Å². The summed E-state index contributed by atoms with van der Waals surface area (Å²) in [5.41, 5.74) is 3.04. The van der Waals surface area contributed by atoms with Crippen molar-refractivity contribution in [3.05, 3.63) is 35.6 Å². The first-order valence-corrected chi connectivity index (χ1v) is 3.94. The maximum atomic E-state index is 4.31. The fraction of sp³-hybridized carbons (Fsp3) is 0.333. The molecule has 0 aliphatic carbocycles. The van der Waals surface area contributed by atoms with E-state index in [1.54, 1.807) is 0 Å². The third kappa shape index (κ3) is 1.18. The molecule has 2 heterocycles. The summed E-state index contributed by atoms with van der Waals surface area (Å²) < 4.78 is 0. The van der Waals surface area contributed by atoms with Crippen LogP contribution in [0.15, 0.2) is 18.3 Å². The molecule has 0 saturated carbocycles. The molecule has 0 amide bonds. The maximum absolute atomic E-state index is 4.31. The molecule has 1 fully saturated rings. The van der Waals surface area contributed by atoms with Crippen molar-refractivity contribution in [2.75, 3.05) is 0 Å². The standard InChI is InChI=1S/C9H11N3/c1-5-4-6(2)11-9(10-5)8-7(3)12-8/h4,8,12H,3H2,1-2H3. The Morgan fingerprint density at radius 1 is 1.33 bits per heavy atom. The molecule has 0 bridgehead atoms. The van der Waals surface area contributed by atoms with E-state index in [0.717, 1.165) is 22.9 Å². The summed E-state index contributed by atoms with van der Waals surface area (Å²) in [7, 11) is 0. The van der Waals surface area contributed by atoms with Crippen LogP contribution in [0.2, 0.25) is 0 Å². The first kappa shape index (κ1) is 7.28. The van der Waals surface area contributed by atoms with Crippen LogP contribution in [0.5, 0.6) is 0 Å². The summed E-state index contributed by atoms with van der Waals surface area (Å²) in [6, 6.07) is 2.16. The summed E-state index contributed by atoms with van der Waals surface area (Å²) in [4.78, 5) is 8.62. The van der Waals surface area contributed by atoms with E-state index in [1.165, 1.54) is 0 Å². The van der Waals surface area contributed by atoms with E-state index in [1.807, 2.05) is 19.9 Å². The summed E-state index contributed by atoms with van der Waals surface area (Å²) in [6.07, 6.45) is 0. The molecule has 2 rings (SSSR count). The van der Waals surface area contributed by atoms with Gasteiger partial charge in [-0.3, -0.25) is 0 Å². The van der Waals surface area contributed by atoms with E-state index in [9.17, 15) is 0 Å². The second-order valence-corrected chi connectivity index (χ2v) is 3.11. The van der Waals surface area contributed by atoms with Gasteiger partial charge in [0, 0.05) is 17.1 Å². The van der Waals surface area contributed by atoms with Crippen molar-refractivity contribution in [2.45, 2.75) is 19.9 Å². The highest BCUT2D eigenvalue weighted by molar-refractivity contribution is 5.28. The van der Waals surface area contributed by atoms with E-state index in [4.69, 9.17) is 0 Å². The largest absolute Gasteiger partial charge is 0.372 e. The molecule has 1 aliphatic rings. The van der Waals surface area contributed by atoms with Gasteiger partial charge in [0.2, 0.25) is 0 Å². The Morgan fingerprint density at radius 3 is 2.25 bits per heavy atom. The molecule has 1 aromatic rings. The first-order valence-electron chi connectivity index (χ1n) is 3.94. The van der Waals surface area contributed by atoms with Gasteiger partial charge < -0.3 is 5.32 Å². The smallest absolute Gasteiger partial charge is 0.157 e. The van der Waals surface area contributed by atoms with Gasteiger partial charge in [0.1, 0.15) is 6.04 Å². The molecule has 12 heavy (non-hydrogen) atoms. The van der Waals surface area contributed by atoms with Gasteiger partial charge in [-0.1, -0.05) is 6.58 Å². The van der Waals surface area contributed by atoms with Crippen molar-refractivity contribution >= 4 is 0 Å². The number of nitrogens with one attached hydrogen (secondary N) is 1. The Bertz CT molecular complexity index is 323. The second-order valence-electron chi connectivity index (χ2n) is 3.11. The van der Waals surface area contributed by atoms with Crippen molar-refractivity contribution < 1.29 is 0 Å². The fourth-order valence-electron chi connectivity index (χ4n) is 1.25. The van der Waals surface area contributed by atoms with E-state index in [0.29, 0.717) is 0 Å². The second kappa shape index (κ2) is 2.30. The molecule has 0 aromatic carbocycles. The van der Waals surface area contributed by atoms with Crippen LogP contribution >= 0.6 is 0 Å². The van der Waals surface area contributed by atoms with Crippen LogP contribution in [0.25, 0.3) is 0 Å². The quantitative estimate of drug-likeness (QED) is 0.630. The van der Waals surface area contributed by atoms with Gasteiger partial charge in [0.25, 0.3) is 0 Å². The van der Waals surface area contributed by atoms with Gasteiger partial charge >= 0.3 is 0 Å². The highest BCUT2D eigenvalue weighted by Gasteiger charge is 2.30. The van der Waals surface area contributed by atoms with Crippen LogP contribution < -0.4 is 5.32 Å². The fourth-order valence-corrected chi connectivity index (χ4v) is 1.25. The van der Waals surface area contributed by atoms with Crippen LogP contribution in [0.4, 0.5) is 0 Å². The Morgan fingerprint density at radius 2 is 1.83 bits per heavy atom. The number of aryl methyl sites for hydroxylation is 2. The van der Waals surface area contributed by atoms with Crippen LogP contribution in [0, 0.1) is 13.8 Å². The summed E-state index contributed by atoms with van der Waals surface area (Å²) in [6.45, 7) is 7.74. The van der Waals surface area contributed by atoms with Crippen LogP contribution in [-0.2, 0) is 0 Å². The van der Waals surface area contributed by atoms with E-state index >= 15 is 0 Å². The molecular weight excluding hydrogens is 150 g/mol. The van der Waals surface area contributed by atoms with Gasteiger partial charge in [-0.25, -0.2) is 9.97 Å². The molecule has 1 aliphatic heterocycles. The number of rotatable bonds is 1. The predicted molar refractivity (Wildman–Crippen MR) is 46.5 cm³/mol. The van der Waals surface area contributed by atoms with Crippen LogP contribution in [0.1, 0.15) is 23.3 Å². The average molecular weight is 161 g/mol. The molecule has 3 heteroatoms. The minimum Gasteiger partial charge on any atom is -0.372 e. The molecule has 1 unspecified atom stereocenters. The number of hydrogen-bond acceptors (Lipinski definition) is 3. The number of aromatic nitrogens is 2. The van der Waals surface area contributed by atoms with Gasteiger partial charge in [-0.15, -0.1) is 0 Å². The van der Waals surface area contributed by atoms with E-state index in [-0.39, 0.29) is 6.04 Å². The van der Waals surface area contributed by atoms with Crippen molar-refractivity contribution in [1.29, 1.82) is 0 Å². The van der Waals surface area contributed by atoms with Crippen molar-refractivity contribution in [2.24, 2.45) is 0 Å². The topological polar surface area (TPSA) is 47.7 Å². The third-order valence-corrected chi connectivity index (χ3v) is 1.85. The zero-order chi connectivity index (χ0) is 8.72. The highest BCUT2D eigenvalue weighted by Crippen LogP contribution is 2.28. The van der Waals surface area contributed by atoms with Crippen molar-refractivity contribution in [1.82, 2.24) is 15.3 Å². The lowest BCUT2D eigenvalue weighted by Crippen LogP contribution is -1.98. The SMILES string of the molecule is C=C1NC1c1nc(C)cc(C)n1. The Hall–Kier alpha value is -1.38. The predicted octanol–water partition coefficient (Wildman–Crippen LogP) is 1.25. The minimum absolute atomic E-state index is 0.198. The highest BCUT2D eigenvalue weighted by atomic mass is 15.2. The Balaban J connectivity index is 2.38. The zero-order valence-corrected chi connectivity index (χ0v) is 7.26. The molecule has 1 saturated heterocycles. The summed E-state index contributed by atoms with van der Waals surface area (Å²) >= 11 is 0.